The molecule has 2 atom stereocenters. The van der Waals surface area contributed by atoms with E-state index >= 15 is 0 Å². The van der Waals surface area contributed by atoms with Crippen molar-refractivity contribution in [2.75, 3.05) is 21.3 Å². The van der Waals surface area contributed by atoms with Gasteiger partial charge in [-0.2, -0.15) is 57.1 Å². The van der Waals surface area contributed by atoms with Crippen molar-refractivity contribution in [2.45, 2.75) is 91.4 Å². The zero-order valence-corrected chi connectivity index (χ0v) is 42.4. The summed E-state index contributed by atoms with van der Waals surface area (Å²) in [6.45, 7) is 18.4. The third-order valence-corrected chi connectivity index (χ3v) is 13.1. The lowest BCUT2D eigenvalue weighted by Gasteiger charge is -2.17. The Morgan fingerprint density at radius 3 is 1.54 bits per heavy atom. The van der Waals surface area contributed by atoms with Crippen LogP contribution in [-0.4, -0.2) is 56.9 Å². The van der Waals surface area contributed by atoms with Crippen molar-refractivity contribution in [1.82, 2.24) is 48.5 Å². The molecule has 19 heteroatoms. The van der Waals surface area contributed by atoms with E-state index in [0.29, 0.717) is 23.2 Å². The van der Waals surface area contributed by atoms with Gasteiger partial charge in [-0.25, -0.2) is 12.4 Å². The lowest BCUT2D eigenvalue weighted by atomic mass is 10.1. The number of nitrogens with one attached hydrogen (secondary N) is 5. The van der Waals surface area contributed by atoms with Gasteiger partial charge in [0.25, 0.3) is 10.0 Å². The number of rotatable bonds is 14. The minimum atomic E-state index is -3.89. The van der Waals surface area contributed by atoms with Gasteiger partial charge in [-0.3, -0.25) is 9.36 Å². The van der Waals surface area contributed by atoms with Crippen molar-refractivity contribution in [3.8, 4) is 0 Å². The van der Waals surface area contributed by atoms with E-state index in [4.69, 9.17) is 9.97 Å². The Kier molecular flexibility index (Phi) is 15.9. The molecule has 0 fully saturated rings. The molecule has 3 aromatic carbocycles. The van der Waals surface area contributed by atoms with Crippen LogP contribution in [0.4, 0.5) is 34.9 Å². The maximum atomic E-state index is 13.6. The van der Waals surface area contributed by atoms with E-state index in [1.54, 1.807) is 36.5 Å². The number of H-pyrrole nitrogens is 1. The average molecular weight is 973 g/mol. The Balaban J connectivity index is 0.000000227. The van der Waals surface area contributed by atoms with E-state index in [1.165, 1.54) is 15.7 Å². The molecule has 0 saturated carbocycles. The van der Waals surface area contributed by atoms with Gasteiger partial charge >= 0.3 is 0 Å². The molecule has 6 heterocycles. The van der Waals surface area contributed by atoms with Gasteiger partial charge in [0.1, 0.15) is 17.3 Å². The minimum absolute atomic E-state index is 0. The highest BCUT2D eigenvalue weighted by molar-refractivity contribution is 7.90. The fraction of sp³-hybridized carbons (Fsp3) is 0.265. The Morgan fingerprint density at radius 1 is 0.574 bits per heavy atom. The van der Waals surface area contributed by atoms with Crippen LogP contribution in [0.5, 0.6) is 0 Å². The summed E-state index contributed by atoms with van der Waals surface area (Å²) in [4.78, 5) is 22.1. The van der Waals surface area contributed by atoms with Gasteiger partial charge in [-0.1, -0.05) is 78.4 Å². The average Bonchev–Trinajstić information content (AvgIpc) is 4.12. The van der Waals surface area contributed by atoms with Crippen LogP contribution in [0.25, 0.3) is 22.1 Å². The summed E-state index contributed by atoms with van der Waals surface area (Å²) in [5.41, 5.74) is 7.96. The normalized spacial score (nSPS) is 12.2. The molecule has 0 aliphatic heterocycles. The molecule has 0 saturated heterocycles. The van der Waals surface area contributed by atoms with Gasteiger partial charge in [0.05, 0.1) is 50.8 Å². The van der Waals surface area contributed by atoms with Gasteiger partial charge < -0.3 is 26.3 Å². The van der Waals surface area contributed by atoms with Crippen LogP contribution >= 0.6 is 27.0 Å². The highest BCUT2D eigenvalue weighted by atomic mass is 32.2. The highest BCUT2D eigenvalue weighted by Gasteiger charge is 2.24. The molecule has 0 amide bonds. The number of hydrogen-bond acceptors (Lipinski definition) is 12. The zero-order valence-electron chi connectivity index (χ0n) is 39.6. The first-order valence-corrected chi connectivity index (χ1v) is 23.4. The van der Waals surface area contributed by atoms with E-state index in [-0.39, 0.29) is 61.6 Å². The zero-order chi connectivity index (χ0) is 46.7. The van der Waals surface area contributed by atoms with Crippen LogP contribution in [0.3, 0.4) is 0 Å². The number of aromatic amines is 1. The standard InChI is InChI=1S/C28H31N7O2S.C21H25N7.2H2S/c1-18(2)35-21(5)25(17-29-35)31-28-32-26(30-20(4)22-9-7-6-8-10-22)24-15-16-34(27(24)33-28)38(36,37)23-13-11-19(3)12-14-23;1-13(2)28-15(4)18(12-23-28)25-21-26-19-17(10-11-22-19)20(27-21)24-14(3)16-8-6-5-7-9-16;;/h6-18,20H,1-5H3,(H2,30,31,32,33);5-14H,1-4H3,(H3,22,24,25,26,27);2*1H2/t20-;14-;;/m00../s1. The Morgan fingerprint density at radius 2 is 1.06 bits per heavy atom. The van der Waals surface area contributed by atoms with Crippen LogP contribution < -0.4 is 21.3 Å². The first-order valence-electron chi connectivity index (χ1n) is 22.0. The van der Waals surface area contributed by atoms with Gasteiger partial charge in [0.2, 0.25) is 11.9 Å². The lowest BCUT2D eigenvalue weighted by Crippen LogP contribution is -2.14. The van der Waals surface area contributed by atoms with Crippen molar-refractivity contribution >= 4 is 94.0 Å². The third kappa shape index (κ3) is 10.8. The third-order valence-electron chi connectivity index (χ3n) is 11.4. The molecule has 9 aromatic rings. The summed E-state index contributed by atoms with van der Waals surface area (Å²) >= 11 is 0. The number of aryl methyl sites for hydroxylation is 1. The second-order valence-electron chi connectivity index (χ2n) is 16.9. The predicted molar refractivity (Wildman–Crippen MR) is 284 cm³/mol. The molecule has 0 bridgehead atoms. The van der Waals surface area contributed by atoms with E-state index in [2.05, 4.69) is 93.2 Å². The number of nitrogens with zero attached hydrogens (tertiary/aromatic N) is 9. The van der Waals surface area contributed by atoms with Crippen LogP contribution in [0.1, 0.15) is 93.8 Å². The largest absolute Gasteiger partial charge is 0.363 e. The molecular formula is C49H60N14O2S3. The van der Waals surface area contributed by atoms with Crippen molar-refractivity contribution in [3.63, 3.8) is 0 Å². The maximum absolute atomic E-state index is 13.6. The summed E-state index contributed by atoms with van der Waals surface area (Å²) < 4.78 is 32.3. The topological polar surface area (TPSA) is 190 Å². The molecule has 0 aliphatic rings. The first-order chi connectivity index (χ1) is 31.7. The molecule has 0 unspecified atom stereocenters. The van der Waals surface area contributed by atoms with E-state index < -0.39 is 10.0 Å². The maximum Gasteiger partial charge on any atom is 0.269 e. The first kappa shape index (κ1) is 50.6. The number of fused-ring (bicyclic) bond motifs is 2. The molecule has 6 aromatic heterocycles. The second-order valence-corrected chi connectivity index (χ2v) is 18.7. The molecule has 0 aliphatic carbocycles. The predicted octanol–water partition coefficient (Wildman–Crippen LogP) is 11.2. The molecule has 68 heavy (non-hydrogen) atoms. The fourth-order valence-electron chi connectivity index (χ4n) is 7.72. The number of hydrogen-bond donors (Lipinski definition) is 5. The molecule has 9 rings (SSSR count). The van der Waals surface area contributed by atoms with Crippen LogP contribution in [0.15, 0.2) is 127 Å². The molecule has 0 spiro atoms. The van der Waals surface area contributed by atoms with E-state index in [9.17, 15) is 8.42 Å². The monoisotopic (exact) mass is 972 g/mol. The van der Waals surface area contributed by atoms with Crippen LogP contribution in [-0.2, 0) is 10.0 Å². The molecule has 0 radical (unpaired) electrons. The Bertz CT molecular complexity index is 3200. The smallest absolute Gasteiger partial charge is 0.269 e. The van der Waals surface area contributed by atoms with Gasteiger partial charge in [-0.05, 0) is 97.7 Å². The molecule has 356 valence electrons. The summed E-state index contributed by atoms with van der Waals surface area (Å²) in [6.07, 6.45) is 6.95. The molecule has 16 nitrogen and oxygen atoms in total. The van der Waals surface area contributed by atoms with Gasteiger partial charge in [-0.15, -0.1) is 0 Å². The molecule has 5 N–H and O–H groups in total. The minimum Gasteiger partial charge on any atom is -0.363 e. The number of anilines is 6. The van der Waals surface area contributed by atoms with Gasteiger partial charge in [0, 0.05) is 36.6 Å². The SMILES string of the molecule is Cc1c(Nc2nc(N[C@@H](C)c3ccccc3)c3cc[nH]c3n2)cnn1C(C)C.Cc1ccc(S(=O)(=O)n2ccc3c(N[C@@H](C)c4ccccc4)nc(Nc4cnn(C(C)C)c4C)nc32)cc1.S.S. The number of aromatic nitrogens is 10. The summed E-state index contributed by atoms with van der Waals surface area (Å²) in [7, 11) is -3.89. The van der Waals surface area contributed by atoms with Crippen molar-refractivity contribution in [1.29, 1.82) is 0 Å². The van der Waals surface area contributed by atoms with E-state index in [0.717, 1.165) is 50.7 Å². The second kappa shape index (κ2) is 21.4. The summed E-state index contributed by atoms with van der Waals surface area (Å²) in [5.74, 6) is 2.12. The van der Waals surface area contributed by atoms with Crippen molar-refractivity contribution in [3.05, 3.63) is 150 Å². The Hall–Kier alpha value is -6.83. The van der Waals surface area contributed by atoms with Gasteiger partial charge in [0.15, 0.2) is 5.65 Å². The fourth-order valence-corrected chi connectivity index (χ4v) is 9.01. The lowest BCUT2D eigenvalue weighted by molar-refractivity contribution is 0.519. The van der Waals surface area contributed by atoms with Crippen molar-refractivity contribution in [2.24, 2.45) is 0 Å². The summed E-state index contributed by atoms with van der Waals surface area (Å²) in [5, 5.41) is 24.0. The molecular weight excluding hydrogens is 913 g/mol. The quantitative estimate of drug-likeness (QED) is 0.0694. The van der Waals surface area contributed by atoms with Crippen molar-refractivity contribution < 1.29 is 8.42 Å². The summed E-state index contributed by atoms with van der Waals surface area (Å²) in [6, 6.07) is 31.3. The van der Waals surface area contributed by atoms with Crippen LogP contribution in [0.2, 0.25) is 0 Å². The van der Waals surface area contributed by atoms with Crippen LogP contribution in [0, 0.1) is 20.8 Å². The number of benzene rings is 3. The Labute approximate surface area is 411 Å². The highest BCUT2D eigenvalue weighted by Crippen LogP contribution is 2.32. The van der Waals surface area contributed by atoms with E-state index in [1.807, 2.05) is 104 Å².